The van der Waals surface area contributed by atoms with Gasteiger partial charge in [-0.15, -0.1) is 0 Å². The lowest BCUT2D eigenvalue weighted by Crippen LogP contribution is -1.74. The van der Waals surface area contributed by atoms with Crippen molar-refractivity contribution in [2.75, 3.05) is 0 Å². The number of hydrogen-bond acceptors (Lipinski definition) is 1. The largest absolute Gasteiger partial charge is 0.370 e. The molecule has 2 aliphatic rings. The smallest absolute Gasteiger partial charge is 0.0811 e. The van der Waals surface area contributed by atoms with E-state index < -0.39 is 0 Å². The molecule has 0 radical (unpaired) electrons. The van der Waals surface area contributed by atoms with Crippen molar-refractivity contribution in [1.82, 2.24) is 0 Å². The Bertz CT molecular complexity index is 133. The topological polar surface area (TPSA) is 12.5 Å². The van der Waals surface area contributed by atoms with Crippen molar-refractivity contribution in [1.29, 1.82) is 0 Å². The zero-order valence-corrected chi connectivity index (χ0v) is 10.6. The summed E-state index contributed by atoms with van der Waals surface area (Å²) in [5.74, 6) is 2.10. The average molecular weight is 198 g/mol. The highest BCUT2D eigenvalue weighted by atomic mass is 16.6. The molecule has 0 spiro atoms. The molecule has 0 aromatic heterocycles. The number of epoxide rings is 1. The second-order valence-electron chi connectivity index (χ2n) is 4.40. The normalized spacial score (nSPS) is 37.9. The Hall–Kier alpha value is -0.300. The van der Waals surface area contributed by atoms with Crippen LogP contribution in [-0.4, -0.2) is 12.2 Å². The fourth-order valence-corrected chi connectivity index (χ4v) is 0.801. The fraction of sp³-hybridized carbons (Fsp3) is 0.846. The Morgan fingerprint density at radius 1 is 0.857 bits per heavy atom. The van der Waals surface area contributed by atoms with Crippen LogP contribution in [-0.2, 0) is 4.74 Å². The Morgan fingerprint density at radius 2 is 1.07 bits per heavy atom. The molecule has 1 aliphatic carbocycles. The van der Waals surface area contributed by atoms with Gasteiger partial charge in [0, 0.05) is 0 Å². The van der Waals surface area contributed by atoms with Gasteiger partial charge in [-0.05, 0) is 46.0 Å². The van der Waals surface area contributed by atoms with Gasteiger partial charge in [0.15, 0.2) is 0 Å². The van der Waals surface area contributed by atoms with Crippen molar-refractivity contribution in [3.8, 4) is 0 Å². The molecule has 0 aromatic rings. The molecule has 0 N–H and O–H groups in total. The monoisotopic (exact) mass is 198 g/mol. The van der Waals surface area contributed by atoms with Crippen molar-refractivity contribution in [3.63, 3.8) is 0 Å². The van der Waals surface area contributed by atoms with E-state index in [1.807, 2.05) is 26.0 Å². The van der Waals surface area contributed by atoms with Gasteiger partial charge in [-0.3, -0.25) is 0 Å². The Kier molecular flexibility index (Phi) is 6.90. The van der Waals surface area contributed by atoms with Crippen LogP contribution < -0.4 is 0 Å². The minimum atomic E-state index is 0.551. The summed E-state index contributed by atoms with van der Waals surface area (Å²) in [6.45, 7) is 12.7. The summed E-state index contributed by atoms with van der Waals surface area (Å²) in [5, 5.41) is 0. The minimum Gasteiger partial charge on any atom is -0.370 e. The van der Waals surface area contributed by atoms with Crippen LogP contribution >= 0.6 is 0 Å². The van der Waals surface area contributed by atoms with Crippen LogP contribution in [0.3, 0.4) is 0 Å². The van der Waals surface area contributed by atoms with E-state index in [9.17, 15) is 0 Å². The van der Waals surface area contributed by atoms with E-state index in [-0.39, 0.29) is 0 Å². The van der Waals surface area contributed by atoms with Gasteiger partial charge in [-0.1, -0.05) is 26.0 Å². The molecular formula is C13H26O. The maximum atomic E-state index is 4.92. The van der Waals surface area contributed by atoms with Crippen molar-refractivity contribution >= 4 is 0 Å². The summed E-state index contributed by atoms with van der Waals surface area (Å²) in [6, 6.07) is 0. The van der Waals surface area contributed by atoms with Crippen LogP contribution in [0.4, 0.5) is 0 Å². The number of allylic oxidation sites excluding steroid dienone is 2. The molecule has 0 bridgehead atoms. The molecule has 1 nitrogen and oxygen atoms in total. The summed E-state index contributed by atoms with van der Waals surface area (Å²) in [5.41, 5.74) is 0. The van der Waals surface area contributed by atoms with E-state index in [1.54, 1.807) is 0 Å². The van der Waals surface area contributed by atoms with Gasteiger partial charge in [0.25, 0.3) is 0 Å². The first-order valence-electron chi connectivity index (χ1n) is 5.75. The van der Waals surface area contributed by atoms with Gasteiger partial charge in [-0.2, -0.15) is 0 Å². The Labute approximate surface area is 89.5 Å². The zero-order valence-electron chi connectivity index (χ0n) is 10.6. The summed E-state index contributed by atoms with van der Waals surface area (Å²) >= 11 is 0. The summed E-state index contributed by atoms with van der Waals surface area (Å²) in [7, 11) is 0. The molecule has 1 heterocycles. The number of rotatable bonds is 0. The van der Waals surface area contributed by atoms with Gasteiger partial charge in [0.2, 0.25) is 0 Å². The molecule has 84 valence electrons. The minimum absolute atomic E-state index is 0.551. The molecule has 1 aliphatic heterocycles. The van der Waals surface area contributed by atoms with Crippen LogP contribution in [0.5, 0.6) is 0 Å². The van der Waals surface area contributed by atoms with Gasteiger partial charge in [0.1, 0.15) is 0 Å². The summed E-state index contributed by atoms with van der Waals surface area (Å²) in [6.07, 6.45) is 6.57. The number of ether oxygens (including phenoxy) is 1. The zero-order chi connectivity index (χ0) is 11.1. The third-order valence-corrected chi connectivity index (χ3v) is 2.86. The molecule has 2 fully saturated rings. The first-order valence-corrected chi connectivity index (χ1v) is 5.75. The van der Waals surface area contributed by atoms with Gasteiger partial charge in [-0.25, -0.2) is 0 Å². The summed E-state index contributed by atoms with van der Waals surface area (Å²) < 4.78 is 4.92. The highest BCUT2D eigenvalue weighted by molar-refractivity contribution is 4.76. The van der Waals surface area contributed by atoms with Crippen molar-refractivity contribution in [3.05, 3.63) is 12.2 Å². The fourth-order valence-electron chi connectivity index (χ4n) is 0.801. The van der Waals surface area contributed by atoms with Crippen molar-refractivity contribution in [2.24, 2.45) is 11.8 Å². The molecule has 1 saturated heterocycles. The predicted molar refractivity (Wildman–Crippen MR) is 63.4 cm³/mol. The van der Waals surface area contributed by atoms with Crippen LogP contribution in [0.1, 0.15) is 48.0 Å². The van der Waals surface area contributed by atoms with Crippen molar-refractivity contribution in [2.45, 2.75) is 60.2 Å². The third-order valence-electron chi connectivity index (χ3n) is 2.86. The molecule has 0 aromatic carbocycles. The number of hydrogen-bond donors (Lipinski definition) is 0. The predicted octanol–water partition coefficient (Wildman–Crippen LogP) is 4.04. The quantitative estimate of drug-likeness (QED) is 0.423. The van der Waals surface area contributed by atoms with Crippen LogP contribution in [0, 0.1) is 11.8 Å². The second kappa shape index (κ2) is 7.05. The van der Waals surface area contributed by atoms with E-state index in [0.717, 1.165) is 11.8 Å². The first kappa shape index (κ1) is 13.7. The lowest BCUT2D eigenvalue weighted by atomic mass is 10.4. The highest BCUT2D eigenvalue weighted by Crippen LogP contribution is 2.36. The molecule has 1 saturated carbocycles. The molecule has 0 amide bonds. The van der Waals surface area contributed by atoms with E-state index in [2.05, 4.69) is 27.7 Å². The van der Waals surface area contributed by atoms with Crippen molar-refractivity contribution < 1.29 is 4.74 Å². The first-order chi connectivity index (χ1) is 6.52. The maximum Gasteiger partial charge on any atom is 0.0811 e. The van der Waals surface area contributed by atoms with Gasteiger partial charge >= 0.3 is 0 Å². The summed E-state index contributed by atoms with van der Waals surface area (Å²) in [4.78, 5) is 0. The van der Waals surface area contributed by atoms with E-state index in [4.69, 9.17) is 4.74 Å². The van der Waals surface area contributed by atoms with Crippen LogP contribution in [0.25, 0.3) is 0 Å². The third kappa shape index (κ3) is 8.31. The van der Waals surface area contributed by atoms with Crippen LogP contribution in [0.15, 0.2) is 12.2 Å². The molecule has 4 unspecified atom stereocenters. The van der Waals surface area contributed by atoms with E-state index in [0.29, 0.717) is 12.2 Å². The average Bonchev–Trinajstić information content (AvgIpc) is 2.99. The highest BCUT2D eigenvalue weighted by Gasteiger charge is 2.27. The molecule has 14 heavy (non-hydrogen) atoms. The Balaban J connectivity index is 0.000000183. The van der Waals surface area contributed by atoms with E-state index >= 15 is 0 Å². The second-order valence-corrected chi connectivity index (χ2v) is 4.40. The van der Waals surface area contributed by atoms with Gasteiger partial charge < -0.3 is 4.74 Å². The van der Waals surface area contributed by atoms with Crippen LogP contribution in [0.2, 0.25) is 0 Å². The SMILES string of the molecule is C/C=C\C.CC1CC1C.CC1OC1C. The lowest BCUT2D eigenvalue weighted by Gasteiger charge is -1.66. The van der Waals surface area contributed by atoms with E-state index in [1.165, 1.54) is 6.42 Å². The molecule has 4 atom stereocenters. The molecule has 2 rings (SSSR count). The molecule has 1 heteroatoms. The maximum absolute atomic E-state index is 4.92. The Morgan fingerprint density at radius 3 is 1.07 bits per heavy atom. The standard InChI is InChI=1S/C5H10.C4H8O.C4H8/c1-4-3-5(4)2;1-3-4(2)5-3;1-3-4-2/h4-5H,3H2,1-2H3;3-4H,1-2H3;3-4H,1-2H3/b;;4-3-. The van der Waals surface area contributed by atoms with Gasteiger partial charge in [0.05, 0.1) is 12.2 Å². The molecular weight excluding hydrogens is 172 g/mol. The lowest BCUT2D eigenvalue weighted by molar-refractivity contribution is 0.389.